The van der Waals surface area contributed by atoms with Crippen molar-refractivity contribution in [3.05, 3.63) is 95.8 Å². The van der Waals surface area contributed by atoms with Crippen LogP contribution in [0.5, 0.6) is 0 Å². The fourth-order valence-corrected chi connectivity index (χ4v) is 4.02. The van der Waals surface area contributed by atoms with Gasteiger partial charge in [-0.25, -0.2) is 4.98 Å². The summed E-state index contributed by atoms with van der Waals surface area (Å²) in [5.74, 6) is -0.322. The molecule has 0 unspecified atom stereocenters. The molecule has 1 aliphatic heterocycles. The lowest BCUT2D eigenvalue weighted by Gasteiger charge is -2.29. The molecule has 2 amide bonds. The third-order valence-electron chi connectivity index (χ3n) is 5.74. The number of carbonyl (C=O) groups is 2. The second-order valence-corrected chi connectivity index (χ2v) is 7.67. The van der Waals surface area contributed by atoms with E-state index in [0.29, 0.717) is 18.7 Å². The SMILES string of the molecule is O=C(NCC(=O)N1CCc2ccccc2C1)c1ccc(-n2cnc3ccccc32)cc1. The molecule has 0 saturated heterocycles. The van der Waals surface area contributed by atoms with Crippen LogP contribution < -0.4 is 5.32 Å². The van der Waals surface area contributed by atoms with Crippen LogP contribution in [0.2, 0.25) is 0 Å². The van der Waals surface area contributed by atoms with Crippen molar-refractivity contribution in [1.82, 2.24) is 19.8 Å². The predicted octanol–water partition coefficient (Wildman–Crippen LogP) is 3.34. The van der Waals surface area contributed by atoms with E-state index in [1.165, 1.54) is 11.1 Å². The number of para-hydroxylation sites is 2. The average molecular weight is 410 g/mol. The van der Waals surface area contributed by atoms with Crippen LogP contribution in [0.4, 0.5) is 0 Å². The van der Waals surface area contributed by atoms with Gasteiger partial charge in [0.2, 0.25) is 5.91 Å². The molecule has 1 aromatic heterocycles. The minimum atomic E-state index is -0.257. The topological polar surface area (TPSA) is 67.2 Å². The van der Waals surface area contributed by atoms with E-state index in [9.17, 15) is 9.59 Å². The maximum absolute atomic E-state index is 12.6. The van der Waals surface area contributed by atoms with Crippen LogP contribution >= 0.6 is 0 Å². The molecule has 6 heteroatoms. The van der Waals surface area contributed by atoms with E-state index in [-0.39, 0.29) is 18.4 Å². The number of fused-ring (bicyclic) bond motifs is 2. The maximum atomic E-state index is 12.6. The molecule has 0 bridgehead atoms. The fraction of sp³-hybridized carbons (Fsp3) is 0.160. The van der Waals surface area contributed by atoms with Gasteiger partial charge in [-0.3, -0.25) is 14.2 Å². The summed E-state index contributed by atoms with van der Waals surface area (Å²) >= 11 is 0. The molecule has 0 aliphatic carbocycles. The molecule has 2 heterocycles. The van der Waals surface area contributed by atoms with Gasteiger partial charge in [0.25, 0.3) is 5.91 Å². The first-order valence-electron chi connectivity index (χ1n) is 10.3. The van der Waals surface area contributed by atoms with Crippen molar-refractivity contribution in [3.8, 4) is 5.69 Å². The molecule has 31 heavy (non-hydrogen) atoms. The van der Waals surface area contributed by atoms with Crippen molar-refractivity contribution in [2.75, 3.05) is 13.1 Å². The molecule has 0 fully saturated rings. The molecule has 1 aliphatic rings. The van der Waals surface area contributed by atoms with Gasteiger partial charge in [-0.1, -0.05) is 36.4 Å². The van der Waals surface area contributed by atoms with Crippen molar-refractivity contribution < 1.29 is 9.59 Å². The molecule has 0 atom stereocenters. The van der Waals surface area contributed by atoms with Crippen LogP contribution in [0.15, 0.2) is 79.1 Å². The van der Waals surface area contributed by atoms with E-state index in [1.807, 2.05) is 53.1 Å². The Hall–Kier alpha value is -3.93. The van der Waals surface area contributed by atoms with Crippen LogP contribution in [-0.2, 0) is 17.8 Å². The molecule has 5 rings (SSSR count). The molecule has 4 aromatic rings. The lowest BCUT2D eigenvalue weighted by Crippen LogP contribution is -2.42. The van der Waals surface area contributed by atoms with Crippen LogP contribution in [0, 0.1) is 0 Å². The number of nitrogens with one attached hydrogen (secondary N) is 1. The minimum absolute atomic E-state index is 0.00505. The Bertz CT molecular complexity index is 1260. The average Bonchev–Trinajstić information content (AvgIpc) is 3.26. The Morgan fingerprint density at radius 1 is 0.903 bits per heavy atom. The van der Waals surface area contributed by atoms with Gasteiger partial charge in [-0.2, -0.15) is 0 Å². The number of benzene rings is 3. The van der Waals surface area contributed by atoms with Crippen LogP contribution in [-0.4, -0.2) is 39.4 Å². The lowest BCUT2D eigenvalue weighted by molar-refractivity contribution is -0.131. The van der Waals surface area contributed by atoms with E-state index >= 15 is 0 Å². The Labute approximate surface area is 180 Å². The smallest absolute Gasteiger partial charge is 0.251 e. The van der Waals surface area contributed by atoms with Crippen LogP contribution in [0.3, 0.4) is 0 Å². The van der Waals surface area contributed by atoms with Gasteiger partial charge in [0, 0.05) is 24.3 Å². The Morgan fingerprint density at radius 3 is 2.48 bits per heavy atom. The maximum Gasteiger partial charge on any atom is 0.251 e. The van der Waals surface area contributed by atoms with Gasteiger partial charge in [0.1, 0.15) is 6.33 Å². The third kappa shape index (κ3) is 3.80. The van der Waals surface area contributed by atoms with E-state index in [0.717, 1.165) is 23.1 Å². The second-order valence-electron chi connectivity index (χ2n) is 7.67. The third-order valence-corrected chi connectivity index (χ3v) is 5.74. The first-order valence-corrected chi connectivity index (χ1v) is 10.3. The van der Waals surface area contributed by atoms with Crippen molar-refractivity contribution in [2.45, 2.75) is 13.0 Å². The number of imidazole rings is 1. The molecule has 3 aromatic carbocycles. The molecular formula is C25H22N4O2. The van der Waals surface area contributed by atoms with Crippen LogP contribution in [0.25, 0.3) is 16.7 Å². The summed E-state index contributed by atoms with van der Waals surface area (Å²) in [6, 6.07) is 23.4. The summed E-state index contributed by atoms with van der Waals surface area (Å²) in [6.07, 6.45) is 2.62. The second kappa shape index (κ2) is 8.07. The highest BCUT2D eigenvalue weighted by atomic mass is 16.2. The van der Waals surface area contributed by atoms with E-state index < -0.39 is 0 Å². The minimum Gasteiger partial charge on any atom is -0.343 e. The normalized spacial score (nSPS) is 13.1. The number of hydrogen-bond acceptors (Lipinski definition) is 3. The Kier molecular flexibility index (Phi) is 4.96. The van der Waals surface area contributed by atoms with E-state index in [2.05, 4.69) is 22.4 Å². The van der Waals surface area contributed by atoms with Crippen molar-refractivity contribution >= 4 is 22.8 Å². The van der Waals surface area contributed by atoms with Gasteiger partial charge in [0.15, 0.2) is 0 Å². The molecular weight excluding hydrogens is 388 g/mol. The van der Waals surface area contributed by atoms with Crippen molar-refractivity contribution in [1.29, 1.82) is 0 Å². The van der Waals surface area contributed by atoms with Gasteiger partial charge in [-0.05, 0) is 53.9 Å². The number of nitrogens with zero attached hydrogens (tertiary/aromatic N) is 3. The largest absolute Gasteiger partial charge is 0.343 e. The Balaban J connectivity index is 1.22. The zero-order valence-electron chi connectivity index (χ0n) is 17.0. The molecule has 0 radical (unpaired) electrons. The highest BCUT2D eigenvalue weighted by molar-refractivity contribution is 5.96. The Morgan fingerprint density at radius 2 is 1.65 bits per heavy atom. The van der Waals surface area contributed by atoms with Gasteiger partial charge in [0.05, 0.1) is 17.6 Å². The van der Waals surface area contributed by atoms with Gasteiger partial charge >= 0.3 is 0 Å². The highest BCUT2D eigenvalue weighted by Crippen LogP contribution is 2.19. The molecule has 1 N–H and O–H groups in total. The molecule has 6 nitrogen and oxygen atoms in total. The zero-order chi connectivity index (χ0) is 21.2. The predicted molar refractivity (Wildman–Crippen MR) is 119 cm³/mol. The highest BCUT2D eigenvalue weighted by Gasteiger charge is 2.20. The summed E-state index contributed by atoms with van der Waals surface area (Å²) in [7, 11) is 0. The summed E-state index contributed by atoms with van der Waals surface area (Å²) < 4.78 is 1.98. The molecule has 154 valence electrons. The zero-order valence-corrected chi connectivity index (χ0v) is 17.0. The standard InChI is InChI=1S/C25H22N4O2/c30-24(28-14-13-18-5-1-2-6-20(18)16-28)15-26-25(31)19-9-11-21(12-10-19)29-17-27-22-7-3-4-8-23(22)29/h1-12,17H,13-16H2,(H,26,31). The summed E-state index contributed by atoms with van der Waals surface area (Å²) in [4.78, 5) is 31.3. The van der Waals surface area contributed by atoms with Crippen molar-refractivity contribution in [2.24, 2.45) is 0 Å². The van der Waals surface area contributed by atoms with Gasteiger partial charge in [-0.15, -0.1) is 0 Å². The lowest BCUT2D eigenvalue weighted by atomic mass is 10.00. The molecule has 0 spiro atoms. The summed E-state index contributed by atoms with van der Waals surface area (Å²) in [5, 5.41) is 2.75. The number of carbonyl (C=O) groups excluding carboxylic acids is 2. The van der Waals surface area contributed by atoms with E-state index in [1.54, 1.807) is 23.4 Å². The fourth-order valence-electron chi connectivity index (χ4n) is 4.02. The first kappa shape index (κ1) is 19.1. The quantitative estimate of drug-likeness (QED) is 0.561. The monoisotopic (exact) mass is 410 g/mol. The van der Waals surface area contributed by atoms with E-state index in [4.69, 9.17) is 0 Å². The molecule has 0 saturated carbocycles. The van der Waals surface area contributed by atoms with Crippen LogP contribution in [0.1, 0.15) is 21.5 Å². The number of hydrogen-bond donors (Lipinski definition) is 1. The van der Waals surface area contributed by atoms with Crippen molar-refractivity contribution in [3.63, 3.8) is 0 Å². The number of rotatable bonds is 4. The summed E-state index contributed by atoms with van der Waals surface area (Å²) in [5.41, 5.74) is 5.84. The van der Waals surface area contributed by atoms with Gasteiger partial charge < -0.3 is 10.2 Å². The number of aromatic nitrogens is 2. The first-order chi connectivity index (χ1) is 15.2. The number of amides is 2. The summed E-state index contributed by atoms with van der Waals surface area (Å²) in [6.45, 7) is 1.27.